The highest BCUT2D eigenvalue weighted by Crippen LogP contribution is 2.24. The fourth-order valence-corrected chi connectivity index (χ4v) is 4.21. The zero-order valence-corrected chi connectivity index (χ0v) is 18.5. The average Bonchev–Trinajstić information content (AvgIpc) is 3.44. The van der Waals surface area contributed by atoms with Gasteiger partial charge in [-0.15, -0.1) is 0 Å². The van der Waals surface area contributed by atoms with Gasteiger partial charge in [-0.3, -0.25) is 19.7 Å². The summed E-state index contributed by atoms with van der Waals surface area (Å²) in [6.45, 7) is 3.92. The minimum Gasteiger partial charge on any atom is -0.371 e. The van der Waals surface area contributed by atoms with Gasteiger partial charge in [-0.2, -0.15) is 0 Å². The Morgan fingerprint density at radius 1 is 1.09 bits per heavy atom. The van der Waals surface area contributed by atoms with Crippen molar-refractivity contribution >= 4 is 39.8 Å². The molecule has 4 rings (SSSR count). The number of nitro benzene ring substituents is 1. The quantitative estimate of drug-likeness (QED) is 0.403. The normalized spacial score (nSPS) is 14.3. The van der Waals surface area contributed by atoms with Crippen molar-refractivity contribution in [1.82, 2.24) is 9.88 Å². The smallest absolute Gasteiger partial charge is 0.270 e. The number of fused-ring (bicyclic) bond motifs is 1. The molecule has 2 aromatic carbocycles. The van der Waals surface area contributed by atoms with Crippen molar-refractivity contribution in [1.29, 1.82) is 0 Å². The third kappa shape index (κ3) is 5.49. The molecule has 0 aliphatic carbocycles. The number of nitrogens with zero attached hydrogens (tertiary/aromatic N) is 3. The molecule has 1 aliphatic heterocycles. The Balaban J connectivity index is 1.29. The number of rotatable bonds is 8. The lowest BCUT2D eigenvalue weighted by Gasteiger charge is -2.19. The first-order valence-electron chi connectivity index (χ1n) is 11.1. The van der Waals surface area contributed by atoms with Gasteiger partial charge in [-0.1, -0.05) is 6.07 Å². The minimum absolute atomic E-state index is 0.00954. The number of hydrogen-bond acceptors (Lipinski definition) is 5. The van der Waals surface area contributed by atoms with Crippen molar-refractivity contribution < 1.29 is 14.5 Å². The van der Waals surface area contributed by atoms with Crippen LogP contribution in [0.25, 0.3) is 10.9 Å². The zero-order valence-electron chi connectivity index (χ0n) is 18.5. The van der Waals surface area contributed by atoms with E-state index in [0.717, 1.165) is 30.0 Å². The number of anilines is 2. The molecule has 9 heteroatoms. The number of carbonyl (C=O) groups is 2. The maximum Gasteiger partial charge on any atom is 0.270 e. The van der Waals surface area contributed by atoms with Crippen molar-refractivity contribution in [2.24, 2.45) is 0 Å². The van der Waals surface area contributed by atoms with Crippen LogP contribution in [-0.2, 0) is 16.1 Å². The second-order valence-corrected chi connectivity index (χ2v) is 8.41. The van der Waals surface area contributed by atoms with Crippen LogP contribution in [0.5, 0.6) is 0 Å². The SMILES string of the molecule is CC(CC(=O)Nc1cccc(N2CCCC2)c1)NC(=O)Cn1ccc2cc([N+](=O)[O-])ccc21. The number of amides is 2. The number of hydrogen-bond donors (Lipinski definition) is 2. The van der Waals surface area contributed by atoms with Crippen molar-refractivity contribution in [3.05, 3.63) is 64.8 Å². The maximum absolute atomic E-state index is 12.5. The van der Waals surface area contributed by atoms with Gasteiger partial charge in [-0.25, -0.2) is 0 Å². The van der Waals surface area contributed by atoms with Crippen molar-refractivity contribution in [2.75, 3.05) is 23.3 Å². The fraction of sp³-hybridized carbons (Fsp3) is 0.333. The van der Waals surface area contributed by atoms with E-state index in [9.17, 15) is 19.7 Å². The molecule has 2 N–H and O–H groups in total. The Bertz CT molecular complexity index is 1180. The second kappa shape index (κ2) is 9.72. The molecule has 2 amide bonds. The van der Waals surface area contributed by atoms with Crippen molar-refractivity contribution in [3.8, 4) is 0 Å². The van der Waals surface area contributed by atoms with Gasteiger partial charge < -0.3 is 20.1 Å². The van der Waals surface area contributed by atoms with Crippen LogP contribution in [0.2, 0.25) is 0 Å². The summed E-state index contributed by atoms with van der Waals surface area (Å²) >= 11 is 0. The molecule has 1 fully saturated rings. The summed E-state index contributed by atoms with van der Waals surface area (Å²) in [5.74, 6) is -0.401. The monoisotopic (exact) mass is 449 g/mol. The maximum atomic E-state index is 12.5. The third-order valence-electron chi connectivity index (χ3n) is 5.78. The zero-order chi connectivity index (χ0) is 23.4. The van der Waals surface area contributed by atoms with E-state index in [-0.39, 0.29) is 36.5 Å². The van der Waals surface area contributed by atoms with Gasteiger partial charge in [0.05, 0.1) is 4.92 Å². The van der Waals surface area contributed by atoms with Crippen LogP contribution in [0.3, 0.4) is 0 Å². The second-order valence-electron chi connectivity index (χ2n) is 8.41. The van der Waals surface area contributed by atoms with Crippen molar-refractivity contribution in [3.63, 3.8) is 0 Å². The van der Waals surface area contributed by atoms with E-state index >= 15 is 0 Å². The molecule has 0 spiro atoms. The number of benzene rings is 2. The van der Waals surface area contributed by atoms with E-state index < -0.39 is 4.92 Å². The van der Waals surface area contributed by atoms with Gasteiger partial charge >= 0.3 is 0 Å². The highest BCUT2D eigenvalue weighted by atomic mass is 16.6. The van der Waals surface area contributed by atoms with Crippen LogP contribution in [0.4, 0.5) is 17.1 Å². The molecule has 172 valence electrons. The van der Waals surface area contributed by atoms with Crippen LogP contribution in [0.1, 0.15) is 26.2 Å². The molecule has 0 saturated carbocycles. The van der Waals surface area contributed by atoms with Crippen LogP contribution in [0.15, 0.2) is 54.7 Å². The van der Waals surface area contributed by atoms with Gasteiger partial charge in [0.2, 0.25) is 11.8 Å². The Morgan fingerprint density at radius 3 is 2.64 bits per heavy atom. The summed E-state index contributed by atoms with van der Waals surface area (Å²) in [5, 5.41) is 17.4. The molecule has 1 aromatic heterocycles. The lowest BCUT2D eigenvalue weighted by molar-refractivity contribution is -0.384. The lowest BCUT2D eigenvalue weighted by Crippen LogP contribution is -2.37. The molecule has 0 bridgehead atoms. The molecule has 33 heavy (non-hydrogen) atoms. The summed E-state index contributed by atoms with van der Waals surface area (Å²) in [6, 6.07) is 13.8. The fourth-order valence-electron chi connectivity index (χ4n) is 4.21. The molecule has 2 heterocycles. The number of carbonyl (C=O) groups excluding carboxylic acids is 2. The summed E-state index contributed by atoms with van der Waals surface area (Å²) in [7, 11) is 0. The van der Waals surface area contributed by atoms with E-state index in [0.29, 0.717) is 5.39 Å². The van der Waals surface area contributed by atoms with E-state index in [2.05, 4.69) is 15.5 Å². The molecule has 1 saturated heterocycles. The van der Waals surface area contributed by atoms with Gasteiger partial charge in [0.15, 0.2) is 0 Å². The molecular weight excluding hydrogens is 422 g/mol. The minimum atomic E-state index is -0.446. The number of nitro groups is 1. The first-order valence-corrected chi connectivity index (χ1v) is 11.1. The molecule has 1 unspecified atom stereocenters. The molecule has 9 nitrogen and oxygen atoms in total. The lowest BCUT2D eigenvalue weighted by atomic mass is 10.2. The van der Waals surface area contributed by atoms with Crippen LogP contribution >= 0.6 is 0 Å². The van der Waals surface area contributed by atoms with Gasteiger partial charge in [-0.05, 0) is 50.1 Å². The molecule has 1 atom stereocenters. The van der Waals surface area contributed by atoms with E-state index in [1.165, 1.54) is 25.0 Å². The Hall–Kier alpha value is -3.88. The van der Waals surface area contributed by atoms with Crippen LogP contribution < -0.4 is 15.5 Å². The largest absolute Gasteiger partial charge is 0.371 e. The number of nitrogens with one attached hydrogen (secondary N) is 2. The van der Waals surface area contributed by atoms with Gasteiger partial charge in [0.1, 0.15) is 6.54 Å². The topological polar surface area (TPSA) is 110 Å². The molecular formula is C24H27N5O4. The van der Waals surface area contributed by atoms with Crippen LogP contribution in [-0.4, -0.2) is 40.4 Å². The number of aromatic nitrogens is 1. The Morgan fingerprint density at radius 2 is 1.88 bits per heavy atom. The molecule has 3 aromatic rings. The molecule has 1 aliphatic rings. The highest BCUT2D eigenvalue weighted by molar-refractivity contribution is 5.92. The van der Waals surface area contributed by atoms with Crippen LogP contribution in [0, 0.1) is 10.1 Å². The van der Waals surface area contributed by atoms with Gasteiger partial charge in [0.25, 0.3) is 5.69 Å². The summed E-state index contributed by atoms with van der Waals surface area (Å²) < 4.78 is 1.73. The van der Waals surface area contributed by atoms with E-state index in [1.807, 2.05) is 24.3 Å². The summed E-state index contributed by atoms with van der Waals surface area (Å²) in [4.78, 5) is 37.8. The third-order valence-corrected chi connectivity index (χ3v) is 5.78. The Labute approximate surface area is 191 Å². The summed E-state index contributed by atoms with van der Waals surface area (Å²) in [5.41, 5.74) is 2.60. The summed E-state index contributed by atoms with van der Waals surface area (Å²) in [6.07, 6.45) is 4.25. The first-order chi connectivity index (χ1) is 15.9. The predicted molar refractivity (Wildman–Crippen MR) is 127 cm³/mol. The Kier molecular flexibility index (Phi) is 6.58. The standard InChI is InChI=1S/C24H27N5O4/c1-17(13-23(30)26-19-5-4-6-20(15-19)27-10-2-3-11-27)25-24(31)16-28-12-9-18-14-21(29(32)33)7-8-22(18)28/h4-9,12,14-15,17H,2-3,10-11,13,16H2,1H3,(H,25,31)(H,26,30). The predicted octanol–water partition coefficient (Wildman–Crippen LogP) is 3.68. The number of non-ortho nitro benzene ring substituents is 1. The van der Waals surface area contributed by atoms with E-state index in [1.54, 1.807) is 29.8 Å². The van der Waals surface area contributed by atoms with Gasteiger partial charge in [0, 0.05) is 66.2 Å². The van der Waals surface area contributed by atoms with E-state index in [4.69, 9.17) is 0 Å². The highest BCUT2D eigenvalue weighted by Gasteiger charge is 2.16. The van der Waals surface area contributed by atoms with Crippen molar-refractivity contribution in [2.45, 2.75) is 38.8 Å². The molecule has 0 radical (unpaired) electrons. The first kappa shape index (κ1) is 22.3. The average molecular weight is 450 g/mol.